The highest BCUT2D eigenvalue weighted by atomic mass is 32.1. The van der Waals surface area contributed by atoms with E-state index in [9.17, 15) is 4.79 Å². The van der Waals surface area contributed by atoms with Crippen molar-refractivity contribution in [1.29, 1.82) is 0 Å². The maximum absolute atomic E-state index is 11.4. The van der Waals surface area contributed by atoms with Crippen molar-refractivity contribution >= 4 is 39.2 Å². The van der Waals surface area contributed by atoms with Crippen LogP contribution in [0, 0.1) is 12.8 Å². The highest BCUT2D eigenvalue weighted by molar-refractivity contribution is 7.18. The van der Waals surface area contributed by atoms with Crippen LogP contribution in [-0.4, -0.2) is 36.0 Å². The molecule has 1 amide bonds. The van der Waals surface area contributed by atoms with Crippen LogP contribution >= 0.6 is 11.3 Å². The van der Waals surface area contributed by atoms with Gasteiger partial charge in [0.15, 0.2) is 0 Å². The number of nitrogens with zero attached hydrogens (tertiary/aromatic N) is 3. The average Bonchev–Trinajstić information content (AvgIpc) is 2.75. The third kappa shape index (κ3) is 3.60. The number of carbonyl (C=O) groups excluding carboxylic acids is 1. The lowest BCUT2D eigenvalue weighted by molar-refractivity contribution is -0.116. The quantitative estimate of drug-likeness (QED) is 0.852. The number of rotatable bonds is 6. The lowest BCUT2D eigenvalue weighted by atomic mass is 10.2. The number of carbonyl (C=O) groups is 1. The van der Waals surface area contributed by atoms with Crippen molar-refractivity contribution in [2.24, 2.45) is 11.7 Å². The molecule has 0 aliphatic rings. The Morgan fingerprint density at radius 3 is 2.76 bits per heavy atom. The van der Waals surface area contributed by atoms with E-state index in [1.807, 2.05) is 11.8 Å². The van der Waals surface area contributed by atoms with Crippen LogP contribution in [0.1, 0.15) is 18.7 Å². The topological polar surface area (TPSA) is 84.1 Å². The zero-order valence-corrected chi connectivity index (χ0v) is 13.6. The van der Waals surface area contributed by atoms with Gasteiger partial charge in [0.1, 0.15) is 10.6 Å². The molecule has 21 heavy (non-hydrogen) atoms. The molecule has 0 atom stereocenters. The second kappa shape index (κ2) is 6.26. The normalized spacial score (nSPS) is 11.1. The zero-order valence-electron chi connectivity index (χ0n) is 12.8. The van der Waals surface area contributed by atoms with Crippen LogP contribution in [0.25, 0.3) is 10.2 Å². The highest BCUT2D eigenvalue weighted by Crippen LogP contribution is 2.31. The first-order valence-electron chi connectivity index (χ1n) is 6.90. The molecule has 0 aromatic carbocycles. The van der Waals surface area contributed by atoms with Gasteiger partial charge in [0.2, 0.25) is 11.9 Å². The van der Waals surface area contributed by atoms with E-state index in [0.29, 0.717) is 18.4 Å². The second-order valence-electron chi connectivity index (χ2n) is 5.44. The molecular weight excluding hydrogens is 286 g/mol. The van der Waals surface area contributed by atoms with E-state index < -0.39 is 0 Å². The Labute approximate surface area is 128 Å². The number of hydrogen-bond donors (Lipinski definition) is 2. The fourth-order valence-corrected chi connectivity index (χ4v) is 3.11. The Morgan fingerprint density at radius 1 is 1.48 bits per heavy atom. The minimum absolute atomic E-state index is 0.155. The van der Waals surface area contributed by atoms with E-state index in [1.54, 1.807) is 18.4 Å². The fourth-order valence-electron chi connectivity index (χ4n) is 2.23. The second-order valence-corrected chi connectivity index (χ2v) is 6.67. The van der Waals surface area contributed by atoms with E-state index >= 15 is 0 Å². The molecule has 0 bridgehead atoms. The van der Waals surface area contributed by atoms with Crippen LogP contribution in [0.3, 0.4) is 0 Å². The molecule has 0 unspecified atom stereocenters. The summed E-state index contributed by atoms with van der Waals surface area (Å²) >= 11 is 1.62. The predicted octanol–water partition coefficient (Wildman–Crippen LogP) is 1.99. The van der Waals surface area contributed by atoms with Crippen LogP contribution in [0.5, 0.6) is 0 Å². The molecule has 114 valence electrons. The van der Waals surface area contributed by atoms with E-state index in [-0.39, 0.29) is 12.5 Å². The van der Waals surface area contributed by atoms with Gasteiger partial charge in [-0.1, -0.05) is 13.8 Å². The van der Waals surface area contributed by atoms with E-state index in [4.69, 9.17) is 5.73 Å². The minimum Gasteiger partial charge on any atom is -0.368 e. The number of hydrogen-bond acceptors (Lipinski definition) is 6. The molecule has 2 aromatic rings. The van der Waals surface area contributed by atoms with E-state index in [1.165, 1.54) is 0 Å². The van der Waals surface area contributed by atoms with Gasteiger partial charge in [-0.3, -0.25) is 4.79 Å². The van der Waals surface area contributed by atoms with Crippen LogP contribution in [0.2, 0.25) is 0 Å². The molecule has 2 aromatic heterocycles. The molecule has 3 N–H and O–H groups in total. The Hall–Kier alpha value is -1.89. The third-order valence-electron chi connectivity index (χ3n) is 2.95. The largest absolute Gasteiger partial charge is 0.368 e. The number of thiophene rings is 1. The standard InChI is InChI=1S/C14H21N5OS/c1-8(2)6-19(7-11(15)20)12-10-5-9(3)21-13(10)18-14(16-4)17-12/h5,8H,6-7H2,1-4H3,(H2,15,20)(H,16,17,18). The van der Waals surface area contributed by atoms with Gasteiger partial charge in [-0.05, 0) is 18.9 Å². The molecule has 2 heterocycles. The maximum atomic E-state index is 11.4. The van der Waals surface area contributed by atoms with Crippen LogP contribution in [0.4, 0.5) is 11.8 Å². The Kier molecular flexibility index (Phi) is 4.62. The molecule has 0 saturated heterocycles. The summed E-state index contributed by atoms with van der Waals surface area (Å²) in [5, 5.41) is 3.94. The molecule has 0 spiro atoms. The van der Waals surface area contributed by atoms with Crippen molar-refractivity contribution in [2.75, 3.05) is 30.4 Å². The number of primary amides is 1. The van der Waals surface area contributed by atoms with Gasteiger partial charge in [-0.25, -0.2) is 4.98 Å². The van der Waals surface area contributed by atoms with Gasteiger partial charge in [0.25, 0.3) is 0 Å². The van der Waals surface area contributed by atoms with Gasteiger partial charge >= 0.3 is 0 Å². The summed E-state index contributed by atoms with van der Waals surface area (Å²) in [6.45, 7) is 7.11. The summed E-state index contributed by atoms with van der Waals surface area (Å²) in [5.74, 6) is 1.35. The number of aryl methyl sites for hydroxylation is 1. The van der Waals surface area contributed by atoms with Crippen molar-refractivity contribution < 1.29 is 4.79 Å². The molecule has 0 aliphatic carbocycles. The van der Waals surface area contributed by atoms with Crippen molar-refractivity contribution in [3.63, 3.8) is 0 Å². The molecule has 0 aliphatic heterocycles. The molecule has 0 saturated carbocycles. The van der Waals surface area contributed by atoms with E-state index in [0.717, 1.165) is 20.9 Å². The summed E-state index contributed by atoms with van der Waals surface area (Å²) in [4.78, 5) is 24.4. The summed E-state index contributed by atoms with van der Waals surface area (Å²) in [7, 11) is 1.78. The maximum Gasteiger partial charge on any atom is 0.236 e. The number of nitrogens with one attached hydrogen (secondary N) is 1. The van der Waals surface area contributed by atoms with Crippen molar-refractivity contribution in [2.45, 2.75) is 20.8 Å². The molecule has 0 radical (unpaired) electrons. The van der Waals surface area contributed by atoms with E-state index in [2.05, 4.69) is 35.2 Å². The summed E-state index contributed by atoms with van der Waals surface area (Å²) in [6.07, 6.45) is 0. The zero-order chi connectivity index (χ0) is 15.6. The minimum atomic E-state index is -0.361. The van der Waals surface area contributed by atoms with Crippen molar-refractivity contribution in [3.8, 4) is 0 Å². The van der Waals surface area contributed by atoms with Gasteiger partial charge in [0.05, 0.1) is 11.9 Å². The van der Waals surface area contributed by atoms with Gasteiger partial charge in [-0.15, -0.1) is 11.3 Å². The van der Waals surface area contributed by atoms with Crippen molar-refractivity contribution in [1.82, 2.24) is 9.97 Å². The lowest BCUT2D eigenvalue weighted by Gasteiger charge is -2.25. The smallest absolute Gasteiger partial charge is 0.236 e. The first-order valence-corrected chi connectivity index (χ1v) is 7.71. The summed E-state index contributed by atoms with van der Waals surface area (Å²) in [5.41, 5.74) is 5.39. The Morgan fingerprint density at radius 2 is 2.19 bits per heavy atom. The first-order chi connectivity index (χ1) is 9.90. The third-order valence-corrected chi connectivity index (χ3v) is 3.90. The number of aromatic nitrogens is 2. The molecule has 7 heteroatoms. The van der Waals surface area contributed by atoms with Gasteiger partial charge in [0, 0.05) is 18.5 Å². The van der Waals surface area contributed by atoms with Gasteiger partial charge < -0.3 is 16.0 Å². The molecular formula is C14H21N5OS. The Bertz CT molecular complexity index is 652. The monoisotopic (exact) mass is 307 g/mol. The van der Waals surface area contributed by atoms with Gasteiger partial charge in [-0.2, -0.15) is 4.98 Å². The highest BCUT2D eigenvalue weighted by Gasteiger charge is 2.18. The number of fused-ring (bicyclic) bond motifs is 1. The summed E-state index contributed by atoms with van der Waals surface area (Å²) < 4.78 is 0. The Balaban J connectivity index is 2.55. The van der Waals surface area contributed by atoms with Crippen LogP contribution < -0.4 is 16.0 Å². The SMILES string of the molecule is CNc1nc(N(CC(N)=O)CC(C)C)c2cc(C)sc2n1. The van der Waals surface area contributed by atoms with Crippen LogP contribution in [0.15, 0.2) is 6.07 Å². The van der Waals surface area contributed by atoms with Crippen LogP contribution in [-0.2, 0) is 4.79 Å². The summed E-state index contributed by atoms with van der Waals surface area (Å²) in [6, 6.07) is 2.06. The average molecular weight is 307 g/mol. The molecule has 0 fully saturated rings. The lowest BCUT2D eigenvalue weighted by Crippen LogP contribution is -2.37. The van der Waals surface area contributed by atoms with Crippen molar-refractivity contribution in [3.05, 3.63) is 10.9 Å². The number of anilines is 2. The molecule has 6 nitrogen and oxygen atoms in total. The predicted molar refractivity (Wildman–Crippen MR) is 87.9 cm³/mol. The number of amides is 1. The molecule has 2 rings (SSSR count). The number of nitrogens with two attached hydrogens (primary N) is 1. The fraction of sp³-hybridized carbons (Fsp3) is 0.500. The first kappa shape index (κ1) is 15.5.